The third-order valence-corrected chi connectivity index (χ3v) is 5.66. The Bertz CT molecular complexity index is 1170. The molecule has 0 bridgehead atoms. The van der Waals surface area contributed by atoms with Gasteiger partial charge < -0.3 is 10.6 Å². The Kier molecular flexibility index (Phi) is 5.53. The fourth-order valence-corrected chi connectivity index (χ4v) is 3.69. The number of imidazole rings is 1. The van der Waals surface area contributed by atoms with Crippen LogP contribution in [0.4, 0.5) is 5.69 Å². The van der Waals surface area contributed by atoms with Crippen LogP contribution in [0, 0.1) is 0 Å². The van der Waals surface area contributed by atoms with Crippen molar-refractivity contribution in [3.05, 3.63) is 75.8 Å². The average Bonchev–Trinajstić information content (AvgIpc) is 3.31. The summed E-state index contributed by atoms with van der Waals surface area (Å²) in [5.74, 6) is -0.748. The lowest BCUT2D eigenvalue weighted by Gasteiger charge is -2.08. The van der Waals surface area contributed by atoms with Gasteiger partial charge in [-0.2, -0.15) is 0 Å². The molecule has 146 valence electrons. The van der Waals surface area contributed by atoms with Gasteiger partial charge in [-0.05, 0) is 30.3 Å². The molecular formula is C20H14Cl2N4O2S. The van der Waals surface area contributed by atoms with E-state index in [2.05, 4.69) is 15.6 Å². The molecule has 2 aromatic carbocycles. The number of hydrogen-bond donors (Lipinski definition) is 2. The smallest absolute Gasteiger partial charge is 0.251 e. The van der Waals surface area contributed by atoms with Crippen LogP contribution in [0.3, 0.4) is 0 Å². The molecule has 0 aliphatic carbocycles. The fraction of sp³-hybridized carbons (Fsp3) is 0.0500. The lowest BCUT2D eigenvalue weighted by Crippen LogP contribution is -2.32. The van der Waals surface area contributed by atoms with Crippen molar-refractivity contribution in [2.45, 2.75) is 0 Å². The number of amides is 2. The molecule has 4 aromatic rings. The van der Waals surface area contributed by atoms with Gasteiger partial charge in [0.05, 0.1) is 22.3 Å². The number of carbonyl (C=O) groups is 2. The maximum Gasteiger partial charge on any atom is 0.251 e. The van der Waals surface area contributed by atoms with E-state index in [4.69, 9.17) is 23.2 Å². The predicted molar refractivity (Wildman–Crippen MR) is 116 cm³/mol. The van der Waals surface area contributed by atoms with Crippen LogP contribution in [0.2, 0.25) is 10.0 Å². The minimum atomic E-state index is -0.409. The summed E-state index contributed by atoms with van der Waals surface area (Å²) in [7, 11) is 0. The first-order valence-corrected chi connectivity index (χ1v) is 10.2. The number of anilines is 1. The molecule has 0 atom stereocenters. The quantitative estimate of drug-likeness (QED) is 0.466. The molecule has 0 saturated carbocycles. The zero-order valence-corrected chi connectivity index (χ0v) is 17.2. The Labute approximate surface area is 180 Å². The molecule has 2 amide bonds. The van der Waals surface area contributed by atoms with Crippen molar-refractivity contribution in [3.8, 4) is 11.3 Å². The summed E-state index contributed by atoms with van der Waals surface area (Å²) in [6.45, 7) is -0.168. The van der Waals surface area contributed by atoms with E-state index in [1.165, 1.54) is 12.1 Å². The minimum Gasteiger partial charge on any atom is -0.343 e. The molecule has 0 fully saturated rings. The average molecular weight is 445 g/mol. The summed E-state index contributed by atoms with van der Waals surface area (Å²) in [5, 5.41) is 7.91. The van der Waals surface area contributed by atoms with Gasteiger partial charge in [0.2, 0.25) is 5.91 Å². The van der Waals surface area contributed by atoms with Crippen LogP contribution >= 0.6 is 34.5 Å². The van der Waals surface area contributed by atoms with Crippen LogP contribution in [0.15, 0.2) is 60.2 Å². The normalized spacial score (nSPS) is 10.8. The molecule has 2 heterocycles. The predicted octanol–water partition coefficient (Wildman–Crippen LogP) is 4.74. The van der Waals surface area contributed by atoms with E-state index in [1.807, 2.05) is 34.3 Å². The number of benzene rings is 2. The third-order valence-electron chi connectivity index (χ3n) is 4.15. The van der Waals surface area contributed by atoms with Crippen molar-refractivity contribution in [2.75, 3.05) is 11.9 Å². The molecule has 29 heavy (non-hydrogen) atoms. The zero-order chi connectivity index (χ0) is 20.4. The zero-order valence-electron chi connectivity index (χ0n) is 14.9. The lowest BCUT2D eigenvalue weighted by atomic mass is 10.1. The number of nitrogens with zero attached hydrogens (tertiary/aromatic N) is 2. The Balaban J connectivity index is 1.34. The van der Waals surface area contributed by atoms with Crippen molar-refractivity contribution in [1.82, 2.24) is 14.7 Å². The lowest BCUT2D eigenvalue weighted by molar-refractivity contribution is -0.115. The second-order valence-electron chi connectivity index (χ2n) is 6.16. The van der Waals surface area contributed by atoms with Gasteiger partial charge in [-0.25, -0.2) is 4.98 Å². The van der Waals surface area contributed by atoms with E-state index in [9.17, 15) is 9.59 Å². The van der Waals surface area contributed by atoms with Crippen LogP contribution in [0.25, 0.3) is 16.2 Å². The van der Waals surface area contributed by atoms with Crippen molar-refractivity contribution in [3.63, 3.8) is 0 Å². The van der Waals surface area contributed by atoms with E-state index in [0.717, 1.165) is 16.2 Å². The number of halogens is 2. The van der Waals surface area contributed by atoms with E-state index < -0.39 is 5.91 Å². The van der Waals surface area contributed by atoms with Gasteiger partial charge >= 0.3 is 0 Å². The summed E-state index contributed by atoms with van der Waals surface area (Å²) in [5.41, 5.74) is 2.77. The van der Waals surface area contributed by atoms with Gasteiger partial charge in [-0.3, -0.25) is 14.0 Å². The third kappa shape index (κ3) is 4.42. The van der Waals surface area contributed by atoms with Crippen molar-refractivity contribution < 1.29 is 9.59 Å². The van der Waals surface area contributed by atoms with Gasteiger partial charge in [0.15, 0.2) is 4.96 Å². The number of rotatable bonds is 5. The molecule has 0 spiro atoms. The summed E-state index contributed by atoms with van der Waals surface area (Å²) in [6, 6.07) is 11.9. The minimum absolute atomic E-state index is 0.168. The van der Waals surface area contributed by atoms with Crippen molar-refractivity contribution in [1.29, 1.82) is 0 Å². The molecule has 2 aromatic heterocycles. The monoisotopic (exact) mass is 444 g/mol. The van der Waals surface area contributed by atoms with Crippen molar-refractivity contribution in [2.24, 2.45) is 0 Å². The molecule has 0 radical (unpaired) electrons. The molecule has 2 N–H and O–H groups in total. The number of nitrogens with one attached hydrogen (secondary N) is 2. The van der Waals surface area contributed by atoms with Crippen LogP contribution in [-0.4, -0.2) is 27.7 Å². The Hall–Kier alpha value is -2.87. The molecule has 0 aliphatic rings. The molecule has 4 rings (SSSR count). The number of thiazole rings is 1. The largest absolute Gasteiger partial charge is 0.343 e. The SMILES string of the molecule is O=C(CNC(=O)c1ccc(Cl)c(Cl)c1)Nc1ccc(-c2cn3ccsc3n2)cc1. The van der Waals surface area contributed by atoms with Crippen LogP contribution < -0.4 is 10.6 Å². The van der Waals surface area contributed by atoms with Gasteiger partial charge in [-0.1, -0.05) is 35.3 Å². The second kappa shape index (κ2) is 8.24. The summed E-state index contributed by atoms with van der Waals surface area (Å²) < 4.78 is 1.96. The maximum atomic E-state index is 12.1. The van der Waals surface area contributed by atoms with Crippen LogP contribution in [0.1, 0.15) is 10.4 Å². The number of hydrogen-bond acceptors (Lipinski definition) is 4. The van der Waals surface area contributed by atoms with E-state index in [0.29, 0.717) is 16.3 Å². The summed E-state index contributed by atoms with van der Waals surface area (Å²) in [6.07, 6.45) is 3.91. The fourth-order valence-electron chi connectivity index (χ4n) is 2.70. The maximum absolute atomic E-state index is 12.1. The summed E-state index contributed by atoms with van der Waals surface area (Å²) in [4.78, 5) is 29.7. The highest BCUT2D eigenvalue weighted by molar-refractivity contribution is 7.15. The van der Waals surface area contributed by atoms with Gasteiger partial charge in [-0.15, -0.1) is 11.3 Å². The molecule has 6 nitrogen and oxygen atoms in total. The number of carbonyl (C=O) groups excluding carboxylic acids is 2. The van der Waals surface area contributed by atoms with Gasteiger partial charge in [0.25, 0.3) is 5.91 Å². The molecule has 0 saturated heterocycles. The standard InChI is InChI=1S/C20H14Cl2N4O2S/c21-15-6-3-13(9-16(15)22)19(28)23-10-18(27)24-14-4-1-12(2-5-14)17-11-26-7-8-29-20(26)25-17/h1-9,11H,10H2,(H,23,28)(H,24,27). The number of fused-ring (bicyclic) bond motifs is 1. The van der Waals surface area contributed by atoms with Crippen molar-refractivity contribution >= 4 is 57.0 Å². The van der Waals surface area contributed by atoms with Crippen LogP contribution in [-0.2, 0) is 4.79 Å². The first-order chi connectivity index (χ1) is 14.0. The van der Waals surface area contributed by atoms with E-state index in [1.54, 1.807) is 29.5 Å². The van der Waals surface area contributed by atoms with Crippen LogP contribution in [0.5, 0.6) is 0 Å². The molecule has 0 unspecified atom stereocenters. The molecule has 0 aliphatic heterocycles. The molecular weight excluding hydrogens is 431 g/mol. The topological polar surface area (TPSA) is 75.5 Å². The Morgan fingerprint density at radius 1 is 1.07 bits per heavy atom. The van der Waals surface area contributed by atoms with E-state index in [-0.39, 0.29) is 17.5 Å². The number of aromatic nitrogens is 2. The Morgan fingerprint density at radius 2 is 1.86 bits per heavy atom. The Morgan fingerprint density at radius 3 is 2.59 bits per heavy atom. The first kappa shape index (κ1) is 19.4. The summed E-state index contributed by atoms with van der Waals surface area (Å²) >= 11 is 13.3. The van der Waals surface area contributed by atoms with Gasteiger partial charge in [0, 0.05) is 34.6 Å². The van der Waals surface area contributed by atoms with Gasteiger partial charge in [0.1, 0.15) is 0 Å². The van der Waals surface area contributed by atoms with E-state index >= 15 is 0 Å². The first-order valence-electron chi connectivity index (χ1n) is 8.55. The molecule has 9 heteroatoms. The highest BCUT2D eigenvalue weighted by atomic mass is 35.5. The highest BCUT2D eigenvalue weighted by Crippen LogP contribution is 2.23. The second-order valence-corrected chi connectivity index (χ2v) is 7.84. The highest BCUT2D eigenvalue weighted by Gasteiger charge is 2.11.